The molecule has 4 heteroatoms. The number of carbonyl (C=O) groups excluding carboxylic acids is 1. The van der Waals surface area contributed by atoms with E-state index in [-0.39, 0.29) is 11.9 Å². The lowest BCUT2D eigenvalue weighted by atomic mass is 9.94. The second kappa shape index (κ2) is 11.7. The average Bonchev–Trinajstić information content (AvgIpc) is 2.67. The molecule has 2 atom stereocenters. The van der Waals surface area contributed by atoms with Crippen LogP contribution in [0.15, 0.2) is 42.5 Å². The first kappa shape index (κ1) is 22.2. The van der Waals surface area contributed by atoms with E-state index < -0.39 is 14.2 Å². The maximum atomic E-state index is 11.7. The summed E-state index contributed by atoms with van der Waals surface area (Å²) in [7, 11) is -1.61. The van der Waals surface area contributed by atoms with Crippen molar-refractivity contribution in [3.8, 4) is 11.5 Å². The molecular formula is C22H32O3Si. The van der Waals surface area contributed by atoms with Crippen LogP contribution >= 0.6 is 0 Å². The molecule has 1 rings (SSSR count). The minimum atomic E-state index is -1.61. The van der Waals surface area contributed by atoms with Crippen molar-refractivity contribution < 1.29 is 14.6 Å². The number of aliphatic hydroxyl groups excluding tert-OH is 1. The molecule has 0 aliphatic carbocycles. The Labute approximate surface area is 159 Å². The van der Waals surface area contributed by atoms with Gasteiger partial charge in [-0.1, -0.05) is 63.1 Å². The molecule has 0 spiro atoms. The normalized spacial score (nSPS) is 13.7. The van der Waals surface area contributed by atoms with Crippen LogP contribution in [0.2, 0.25) is 18.1 Å². The van der Waals surface area contributed by atoms with Gasteiger partial charge in [-0.3, -0.25) is 0 Å². The molecule has 3 nitrogen and oxygen atoms in total. The maximum Gasteiger partial charge on any atom is 0.330 e. The summed E-state index contributed by atoms with van der Waals surface area (Å²) in [5.74, 6) is 2.49. The summed E-state index contributed by atoms with van der Waals surface area (Å²) in [6.07, 6.45) is 2.98. The minimum Gasteiger partial charge on any atom is -0.463 e. The highest BCUT2D eigenvalue weighted by molar-refractivity contribution is 6.87. The van der Waals surface area contributed by atoms with Crippen LogP contribution in [-0.2, 0) is 16.0 Å². The van der Waals surface area contributed by atoms with Gasteiger partial charge in [0, 0.05) is 12.0 Å². The molecule has 0 saturated carbocycles. The summed E-state index contributed by atoms with van der Waals surface area (Å²) < 4.78 is 4.95. The Morgan fingerprint density at radius 3 is 2.31 bits per heavy atom. The molecule has 1 aromatic carbocycles. The molecule has 1 N–H and O–H groups in total. The van der Waals surface area contributed by atoms with Crippen LogP contribution in [0.3, 0.4) is 0 Å². The molecule has 142 valence electrons. The SMILES string of the molecule is CCOC(=O)/C=C/[C@@H](Cc1ccccc1)[C@@H](O)C#C[Si](CC)(CC)CC. The van der Waals surface area contributed by atoms with Crippen molar-refractivity contribution in [3.05, 3.63) is 48.0 Å². The smallest absolute Gasteiger partial charge is 0.330 e. The first-order chi connectivity index (χ1) is 12.5. The largest absolute Gasteiger partial charge is 0.463 e. The minimum absolute atomic E-state index is 0.244. The predicted molar refractivity (Wildman–Crippen MR) is 110 cm³/mol. The van der Waals surface area contributed by atoms with Crippen molar-refractivity contribution in [1.82, 2.24) is 0 Å². The maximum absolute atomic E-state index is 11.7. The highest BCUT2D eigenvalue weighted by atomic mass is 28.3. The molecule has 26 heavy (non-hydrogen) atoms. The van der Waals surface area contributed by atoms with Crippen LogP contribution in [0.5, 0.6) is 0 Å². The van der Waals surface area contributed by atoms with E-state index in [1.165, 1.54) is 6.08 Å². The summed E-state index contributed by atoms with van der Waals surface area (Å²) in [4.78, 5) is 11.7. The second-order valence-electron chi connectivity index (χ2n) is 6.52. The van der Waals surface area contributed by atoms with Crippen molar-refractivity contribution >= 4 is 14.0 Å². The average molecular weight is 373 g/mol. The zero-order valence-corrected chi connectivity index (χ0v) is 17.5. The zero-order valence-electron chi connectivity index (χ0n) is 16.5. The standard InChI is InChI=1S/C22H32O3Si/c1-5-25-22(24)15-14-20(18-19-12-10-9-11-13-19)21(23)16-17-26(6-2,7-3)8-4/h9-15,20-21,23H,5-8,18H2,1-4H3/b15-14+/t20-,21-/m0/s1. The Hall–Kier alpha value is -1.83. The number of ether oxygens (including phenoxy) is 1. The topological polar surface area (TPSA) is 46.5 Å². The molecule has 0 bridgehead atoms. The van der Waals surface area contributed by atoms with Gasteiger partial charge in [0.2, 0.25) is 0 Å². The molecule has 0 unspecified atom stereocenters. The van der Waals surface area contributed by atoms with Crippen molar-refractivity contribution in [1.29, 1.82) is 0 Å². The van der Waals surface area contributed by atoms with Crippen LogP contribution in [0.1, 0.15) is 33.3 Å². The highest BCUT2D eigenvalue weighted by Crippen LogP contribution is 2.20. The quantitative estimate of drug-likeness (QED) is 0.303. The van der Waals surface area contributed by atoms with E-state index in [4.69, 9.17) is 4.74 Å². The fourth-order valence-electron chi connectivity index (χ4n) is 2.91. The second-order valence-corrected chi connectivity index (χ2v) is 11.5. The number of aliphatic hydroxyl groups is 1. The third-order valence-corrected chi connectivity index (χ3v) is 9.74. The van der Waals surface area contributed by atoms with Crippen LogP contribution in [0.4, 0.5) is 0 Å². The lowest BCUT2D eigenvalue weighted by Crippen LogP contribution is -2.30. The van der Waals surface area contributed by atoms with Gasteiger partial charge in [-0.15, -0.1) is 5.54 Å². The molecule has 0 aliphatic rings. The first-order valence-corrected chi connectivity index (χ1v) is 12.2. The Morgan fingerprint density at radius 2 is 1.77 bits per heavy atom. The number of hydrogen-bond donors (Lipinski definition) is 1. The van der Waals surface area contributed by atoms with Crippen molar-refractivity contribution in [3.63, 3.8) is 0 Å². The van der Waals surface area contributed by atoms with Gasteiger partial charge in [-0.05, 0) is 37.0 Å². The number of benzene rings is 1. The lowest BCUT2D eigenvalue weighted by molar-refractivity contribution is -0.137. The van der Waals surface area contributed by atoms with Gasteiger partial charge in [0.1, 0.15) is 14.2 Å². The molecular weight excluding hydrogens is 340 g/mol. The lowest BCUT2D eigenvalue weighted by Gasteiger charge is -2.21. The molecule has 1 aromatic rings. The summed E-state index contributed by atoms with van der Waals surface area (Å²) in [5, 5.41) is 10.7. The Kier molecular flexibility index (Phi) is 10.0. The van der Waals surface area contributed by atoms with Crippen LogP contribution in [0, 0.1) is 17.4 Å². The van der Waals surface area contributed by atoms with E-state index in [0.29, 0.717) is 13.0 Å². The van der Waals surface area contributed by atoms with E-state index in [1.807, 2.05) is 30.3 Å². The highest BCUT2D eigenvalue weighted by Gasteiger charge is 2.25. The molecule has 0 aliphatic heterocycles. The molecule has 0 saturated heterocycles. The summed E-state index contributed by atoms with van der Waals surface area (Å²) in [6, 6.07) is 13.3. The van der Waals surface area contributed by atoms with Crippen LogP contribution < -0.4 is 0 Å². The molecule has 0 amide bonds. The van der Waals surface area contributed by atoms with Gasteiger partial charge < -0.3 is 9.84 Å². The van der Waals surface area contributed by atoms with Crippen molar-refractivity contribution in [2.24, 2.45) is 5.92 Å². The number of carbonyl (C=O) groups is 1. The first-order valence-electron chi connectivity index (χ1n) is 9.59. The Morgan fingerprint density at radius 1 is 1.15 bits per heavy atom. The molecule has 0 fully saturated rings. The van der Waals surface area contributed by atoms with E-state index in [2.05, 4.69) is 32.2 Å². The fourth-order valence-corrected chi connectivity index (χ4v) is 5.40. The number of esters is 1. The van der Waals surface area contributed by atoms with Gasteiger partial charge in [-0.25, -0.2) is 4.79 Å². The molecule has 0 heterocycles. The van der Waals surface area contributed by atoms with Crippen molar-refractivity contribution in [2.75, 3.05) is 6.61 Å². The summed E-state index contributed by atoms with van der Waals surface area (Å²) in [6.45, 7) is 8.71. The van der Waals surface area contributed by atoms with Gasteiger partial charge in [0.25, 0.3) is 0 Å². The van der Waals surface area contributed by atoms with Crippen LogP contribution in [0.25, 0.3) is 0 Å². The fraction of sp³-hybridized carbons (Fsp3) is 0.500. The van der Waals surface area contributed by atoms with Crippen LogP contribution in [-0.4, -0.2) is 31.9 Å². The van der Waals surface area contributed by atoms with E-state index in [1.54, 1.807) is 13.0 Å². The van der Waals surface area contributed by atoms with Crippen molar-refractivity contribution in [2.45, 2.75) is 58.4 Å². The zero-order chi connectivity index (χ0) is 19.4. The summed E-state index contributed by atoms with van der Waals surface area (Å²) in [5.41, 5.74) is 4.56. The third-order valence-electron chi connectivity index (χ3n) is 5.00. The van der Waals surface area contributed by atoms with E-state index in [0.717, 1.165) is 23.7 Å². The Balaban J connectivity index is 3.01. The number of hydrogen-bond acceptors (Lipinski definition) is 3. The monoisotopic (exact) mass is 372 g/mol. The summed E-state index contributed by atoms with van der Waals surface area (Å²) >= 11 is 0. The van der Waals surface area contributed by atoms with E-state index >= 15 is 0 Å². The van der Waals surface area contributed by atoms with Gasteiger partial charge in [0.15, 0.2) is 0 Å². The van der Waals surface area contributed by atoms with Gasteiger partial charge in [-0.2, -0.15) is 0 Å². The van der Waals surface area contributed by atoms with Gasteiger partial charge in [0.05, 0.1) is 6.61 Å². The predicted octanol–water partition coefficient (Wildman–Crippen LogP) is 4.38. The van der Waals surface area contributed by atoms with E-state index in [9.17, 15) is 9.90 Å². The molecule has 0 radical (unpaired) electrons. The third kappa shape index (κ3) is 7.19. The Bertz CT molecular complexity index is 616. The molecule has 0 aromatic heterocycles. The number of rotatable bonds is 9. The van der Waals surface area contributed by atoms with Gasteiger partial charge >= 0.3 is 5.97 Å².